The highest BCUT2D eigenvalue weighted by Crippen LogP contribution is 2.11. The molecule has 0 atom stereocenters. The van der Waals surface area contributed by atoms with Crippen molar-refractivity contribution < 1.29 is 8.42 Å². The van der Waals surface area contributed by atoms with E-state index in [4.69, 9.17) is 0 Å². The molecule has 0 saturated carbocycles. The number of hydrogen-bond donors (Lipinski definition) is 1. The third-order valence-corrected chi connectivity index (χ3v) is 4.40. The van der Waals surface area contributed by atoms with Gasteiger partial charge in [0.2, 0.25) is 0 Å². The number of imidazole rings is 1. The van der Waals surface area contributed by atoms with Crippen molar-refractivity contribution in [3.05, 3.63) is 30.5 Å². The van der Waals surface area contributed by atoms with Crippen LogP contribution in [0.1, 0.15) is 32.6 Å². The van der Waals surface area contributed by atoms with Crippen molar-refractivity contribution in [2.24, 2.45) is 0 Å². The summed E-state index contributed by atoms with van der Waals surface area (Å²) in [4.78, 5) is 4.18. The Labute approximate surface area is 118 Å². The predicted octanol–water partition coefficient (Wildman–Crippen LogP) is 1.16. The SMILES string of the molecule is CCn1nccc1S(=O)(=O)NCc1nccn1C(C)C. The van der Waals surface area contributed by atoms with Crippen LogP contribution >= 0.6 is 0 Å². The number of sulfonamides is 1. The summed E-state index contributed by atoms with van der Waals surface area (Å²) >= 11 is 0. The lowest BCUT2D eigenvalue weighted by Gasteiger charge is -2.12. The molecule has 7 nitrogen and oxygen atoms in total. The Balaban J connectivity index is 2.16. The Morgan fingerprint density at radius 3 is 2.75 bits per heavy atom. The van der Waals surface area contributed by atoms with Crippen LogP contribution in [0, 0.1) is 0 Å². The van der Waals surface area contributed by atoms with Crippen molar-refractivity contribution in [1.82, 2.24) is 24.1 Å². The van der Waals surface area contributed by atoms with Crippen molar-refractivity contribution in [2.45, 2.75) is 44.9 Å². The Morgan fingerprint density at radius 1 is 1.35 bits per heavy atom. The maximum Gasteiger partial charge on any atom is 0.258 e. The molecule has 0 saturated heterocycles. The van der Waals surface area contributed by atoms with Crippen LogP contribution in [0.15, 0.2) is 29.7 Å². The van der Waals surface area contributed by atoms with Crippen LogP contribution in [-0.2, 0) is 23.1 Å². The molecule has 2 aromatic rings. The molecule has 2 heterocycles. The van der Waals surface area contributed by atoms with Gasteiger partial charge in [0.05, 0.1) is 12.7 Å². The Hall–Kier alpha value is -1.67. The van der Waals surface area contributed by atoms with Gasteiger partial charge in [0.25, 0.3) is 10.0 Å². The summed E-state index contributed by atoms with van der Waals surface area (Å²) in [6, 6.07) is 1.72. The first-order valence-electron chi connectivity index (χ1n) is 6.49. The second kappa shape index (κ2) is 5.76. The second-order valence-corrected chi connectivity index (χ2v) is 6.37. The van der Waals surface area contributed by atoms with Crippen LogP contribution in [0.2, 0.25) is 0 Å². The van der Waals surface area contributed by atoms with E-state index in [0.29, 0.717) is 12.4 Å². The van der Waals surface area contributed by atoms with Crippen molar-refractivity contribution in [1.29, 1.82) is 0 Å². The minimum atomic E-state index is -3.58. The van der Waals surface area contributed by atoms with Gasteiger partial charge in [0, 0.05) is 25.0 Å². The summed E-state index contributed by atoms with van der Waals surface area (Å²) in [6.07, 6.45) is 4.98. The predicted molar refractivity (Wildman–Crippen MR) is 74.5 cm³/mol. The minimum absolute atomic E-state index is 0.155. The normalized spacial score (nSPS) is 12.2. The zero-order valence-corrected chi connectivity index (χ0v) is 12.6. The number of hydrogen-bond acceptors (Lipinski definition) is 4. The quantitative estimate of drug-likeness (QED) is 0.867. The van der Waals surface area contributed by atoms with E-state index in [2.05, 4.69) is 14.8 Å². The van der Waals surface area contributed by atoms with Gasteiger partial charge in [-0.2, -0.15) is 5.10 Å². The molecule has 0 bridgehead atoms. The fourth-order valence-electron chi connectivity index (χ4n) is 1.97. The molecule has 110 valence electrons. The minimum Gasteiger partial charge on any atom is -0.331 e. The van der Waals surface area contributed by atoms with E-state index < -0.39 is 10.0 Å². The first-order chi connectivity index (χ1) is 9.45. The molecule has 2 aromatic heterocycles. The van der Waals surface area contributed by atoms with Gasteiger partial charge in [-0.05, 0) is 26.8 Å². The largest absolute Gasteiger partial charge is 0.331 e. The molecule has 0 fully saturated rings. The summed E-state index contributed by atoms with van der Waals surface area (Å²) in [5, 5.41) is 4.14. The van der Waals surface area contributed by atoms with Crippen LogP contribution in [0.4, 0.5) is 0 Å². The summed E-state index contributed by atoms with van der Waals surface area (Å²) in [7, 11) is -3.58. The van der Waals surface area contributed by atoms with E-state index in [9.17, 15) is 8.42 Å². The lowest BCUT2D eigenvalue weighted by molar-refractivity contribution is 0.532. The number of aryl methyl sites for hydroxylation is 1. The molecule has 0 amide bonds. The Morgan fingerprint density at radius 2 is 2.10 bits per heavy atom. The Bertz CT molecular complexity index is 672. The van der Waals surface area contributed by atoms with Gasteiger partial charge < -0.3 is 4.57 Å². The summed E-state index contributed by atoms with van der Waals surface area (Å²) < 4.78 is 30.4. The van der Waals surface area contributed by atoms with Crippen LogP contribution in [-0.4, -0.2) is 27.7 Å². The maximum absolute atomic E-state index is 12.2. The number of aromatic nitrogens is 4. The molecule has 0 aliphatic carbocycles. The van der Waals surface area contributed by atoms with E-state index in [0.717, 1.165) is 0 Å². The molecule has 0 aliphatic rings. The molecule has 2 rings (SSSR count). The highest BCUT2D eigenvalue weighted by Gasteiger charge is 2.19. The van der Waals surface area contributed by atoms with Crippen LogP contribution in [0.5, 0.6) is 0 Å². The van der Waals surface area contributed by atoms with Crippen LogP contribution in [0.25, 0.3) is 0 Å². The van der Waals surface area contributed by atoms with Gasteiger partial charge in [-0.1, -0.05) is 0 Å². The van der Waals surface area contributed by atoms with E-state index in [1.54, 1.807) is 6.20 Å². The number of nitrogens with zero attached hydrogens (tertiary/aromatic N) is 4. The topological polar surface area (TPSA) is 81.8 Å². The van der Waals surface area contributed by atoms with Crippen molar-refractivity contribution in [2.75, 3.05) is 0 Å². The summed E-state index contributed by atoms with van der Waals surface area (Å²) in [5.41, 5.74) is 0. The molecule has 0 radical (unpaired) electrons. The van der Waals surface area contributed by atoms with Gasteiger partial charge >= 0.3 is 0 Å². The first-order valence-corrected chi connectivity index (χ1v) is 7.97. The van der Waals surface area contributed by atoms with Gasteiger partial charge in [0.15, 0.2) is 5.03 Å². The van der Waals surface area contributed by atoms with E-state index in [1.165, 1.54) is 16.9 Å². The highest BCUT2D eigenvalue weighted by atomic mass is 32.2. The molecule has 0 aliphatic heterocycles. The fraction of sp³-hybridized carbons (Fsp3) is 0.500. The molecular weight excluding hydrogens is 278 g/mol. The number of nitrogens with one attached hydrogen (secondary N) is 1. The van der Waals surface area contributed by atoms with Gasteiger partial charge in [0.1, 0.15) is 5.82 Å². The highest BCUT2D eigenvalue weighted by molar-refractivity contribution is 7.89. The zero-order chi connectivity index (χ0) is 14.8. The average Bonchev–Trinajstić information content (AvgIpc) is 3.05. The van der Waals surface area contributed by atoms with Crippen molar-refractivity contribution in [3.8, 4) is 0 Å². The Kier molecular flexibility index (Phi) is 4.24. The maximum atomic E-state index is 12.2. The third kappa shape index (κ3) is 2.91. The van der Waals surface area contributed by atoms with Crippen LogP contribution < -0.4 is 4.72 Å². The van der Waals surface area contributed by atoms with Crippen LogP contribution in [0.3, 0.4) is 0 Å². The molecule has 0 spiro atoms. The zero-order valence-electron chi connectivity index (χ0n) is 11.8. The van der Waals surface area contributed by atoms with Crippen molar-refractivity contribution in [3.63, 3.8) is 0 Å². The van der Waals surface area contributed by atoms with E-state index in [1.807, 2.05) is 31.5 Å². The molecule has 8 heteroatoms. The molecule has 0 aromatic carbocycles. The third-order valence-electron chi connectivity index (χ3n) is 2.98. The monoisotopic (exact) mass is 297 g/mol. The smallest absolute Gasteiger partial charge is 0.258 e. The second-order valence-electron chi connectivity index (χ2n) is 4.65. The van der Waals surface area contributed by atoms with E-state index >= 15 is 0 Å². The number of rotatable bonds is 6. The lowest BCUT2D eigenvalue weighted by atomic mass is 10.4. The van der Waals surface area contributed by atoms with Gasteiger partial charge in [-0.3, -0.25) is 4.68 Å². The fourth-order valence-corrected chi connectivity index (χ4v) is 3.13. The summed E-state index contributed by atoms with van der Waals surface area (Å²) in [6.45, 7) is 6.54. The summed E-state index contributed by atoms with van der Waals surface area (Å²) in [5.74, 6) is 0.686. The molecular formula is C12H19N5O2S. The van der Waals surface area contributed by atoms with E-state index in [-0.39, 0.29) is 17.6 Å². The first kappa shape index (κ1) is 14.7. The average molecular weight is 297 g/mol. The lowest BCUT2D eigenvalue weighted by Crippen LogP contribution is -2.27. The molecule has 20 heavy (non-hydrogen) atoms. The molecule has 0 unspecified atom stereocenters. The standard InChI is InChI=1S/C12H19N5O2S/c1-4-17-12(5-6-14-17)20(18,19)15-9-11-13-7-8-16(11)10(2)3/h5-8,10,15H,4,9H2,1-3H3. The van der Waals surface area contributed by atoms with Crippen molar-refractivity contribution >= 4 is 10.0 Å². The van der Waals surface area contributed by atoms with Gasteiger partial charge in [-0.25, -0.2) is 18.1 Å². The van der Waals surface area contributed by atoms with Gasteiger partial charge in [-0.15, -0.1) is 0 Å². The molecule has 1 N–H and O–H groups in total.